The number of hydrogen-bond donors (Lipinski definition) is 2. The van der Waals surface area contributed by atoms with E-state index in [4.69, 9.17) is 10.5 Å². The van der Waals surface area contributed by atoms with Crippen LogP contribution in [0.25, 0.3) is 11.0 Å². The smallest absolute Gasteiger partial charge is 0.214 e. The van der Waals surface area contributed by atoms with Crippen LogP contribution < -0.4 is 10.5 Å². The van der Waals surface area contributed by atoms with Crippen LogP contribution in [0.15, 0.2) is 40.5 Å². The molecule has 2 heterocycles. The first-order valence-electron chi connectivity index (χ1n) is 6.10. The molecule has 0 saturated heterocycles. The number of nitrogens with two attached hydrogens (primary N) is 1. The van der Waals surface area contributed by atoms with E-state index < -0.39 is 0 Å². The van der Waals surface area contributed by atoms with Crippen molar-refractivity contribution in [2.75, 3.05) is 12.8 Å². The van der Waals surface area contributed by atoms with Crippen molar-refractivity contribution in [1.29, 1.82) is 0 Å². The Kier molecular flexibility index (Phi) is 3.23. The largest absolute Gasteiger partial charge is 0.481 e. The number of methoxy groups -OCH3 is 1. The fourth-order valence-electron chi connectivity index (χ4n) is 1.87. The molecular formula is C14H14N4OS. The zero-order chi connectivity index (χ0) is 14.1. The maximum Gasteiger partial charge on any atom is 0.214 e. The molecule has 0 unspecified atom stereocenters. The Morgan fingerprint density at radius 3 is 2.85 bits per heavy atom. The van der Waals surface area contributed by atoms with Gasteiger partial charge in [-0.1, -0.05) is 6.07 Å². The summed E-state index contributed by atoms with van der Waals surface area (Å²) in [5.41, 5.74) is 9.66. The second-order valence-electron chi connectivity index (χ2n) is 4.41. The minimum atomic E-state index is 0.536. The Labute approximate surface area is 120 Å². The van der Waals surface area contributed by atoms with Crippen LogP contribution in [-0.2, 0) is 0 Å². The highest BCUT2D eigenvalue weighted by Gasteiger charge is 2.09. The molecule has 6 heteroatoms. The summed E-state index contributed by atoms with van der Waals surface area (Å²) in [6.45, 7) is 2.05. The van der Waals surface area contributed by atoms with E-state index in [0.29, 0.717) is 16.6 Å². The molecule has 0 aliphatic carbocycles. The SMILES string of the molecule is COc1ccc(N)c(Sc2nc3ccc(C)cc3[nH]2)n1. The number of fused-ring (bicyclic) bond motifs is 1. The highest BCUT2D eigenvalue weighted by Crippen LogP contribution is 2.31. The number of aromatic amines is 1. The van der Waals surface area contributed by atoms with Crippen molar-refractivity contribution in [3.8, 4) is 5.88 Å². The lowest BCUT2D eigenvalue weighted by atomic mass is 10.2. The van der Waals surface area contributed by atoms with Gasteiger partial charge in [0.1, 0.15) is 5.03 Å². The summed E-state index contributed by atoms with van der Waals surface area (Å²) in [6.07, 6.45) is 0. The number of benzene rings is 1. The third-order valence-corrected chi connectivity index (χ3v) is 3.79. The molecule has 3 aromatic rings. The Morgan fingerprint density at radius 2 is 2.05 bits per heavy atom. The van der Waals surface area contributed by atoms with Gasteiger partial charge in [0.25, 0.3) is 0 Å². The van der Waals surface area contributed by atoms with Gasteiger partial charge < -0.3 is 15.5 Å². The number of imidazole rings is 1. The van der Waals surface area contributed by atoms with Crippen molar-refractivity contribution < 1.29 is 4.74 Å². The van der Waals surface area contributed by atoms with Crippen molar-refractivity contribution in [3.05, 3.63) is 35.9 Å². The van der Waals surface area contributed by atoms with Crippen LogP contribution in [0.5, 0.6) is 5.88 Å². The van der Waals surface area contributed by atoms with Gasteiger partial charge in [0.15, 0.2) is 5.16 Å². The van der Waals surface area contributed by atoms with E-state index >= 15 is 0 Å². The first-order chi connectivity index (χ1) is 9.65. The molecule has 3 rings (SSSR count). The lowest BCUT2D eigenvalue weighted by Gasteiger charge is -2.04. The Hall–Kier alpha value is -2.21. The first-order valence-corrected chi connectivity index (χ1v) is 6.92. The van der Waals surface area contributed by atoms with Gasteiger partial charge in [0.05, 0.1) is 23.8 Å². The van der Waals surface area contributed by atoms with Gasteiger partial charge in [0, 0.05) is 6.07 Å². The van der Waals surface area contributed by atoms with Crippen LogP contribution in [0.2, 0.25) is 0 Å². The Balaban J connectivity index is 1.96. The molecule has 1 aromatic carbocycles. The average Bonchev–Trinajstić information content (AvgIpc) is 2.82. The fraction of sp³-hybridized carbons (Fsp3) is 0.143. The number of ether oxygens (including phenoxy) is 1. The van der Waals surface area contributed by atoms with Crippen molar-refractivity contribution in [1.82, 2.24) is 15.0 Å². The second kappa shape index (κ2) is 5.05. The van der Waals surface area contributed by atoms with Gasteiger partial charge in [-0.25, -0.2) is 9.97 Å². The lowest BCUT2D eigenvalue weighted by molar-refractivity contribution is 0.395. The zero-order valence-electron chi connectivity index (χ0n) is 11.2. The highest BCUT2D eigenvalue weighted by atomic mass is 32.2. The minimum absolute atomic E-state index is 0.536. The third kappa shape index (κ3) is 2.42. The summed E-state index contributed by atoms with van der Waals surface area (Å²) in [7, 11) is 1.58. The number of nitrogens with zero attached hydrogens (tertiary/aromatic N) is 2. The molecule has 0 aliphatic heterocycles. The van der Waals surface area contributed by atoms with Crippen LogP contribution >= 0.6 is 11.8 Å². The molecule has 0 bridgehead atoms. The topological polar surface area (TPSA) is 76.8 Å². The monoisotopic (exact) mass is 286 g/mol. The molecule has 0 amide bonds. The minimum Gasteiger partial charge on any atom is -0.481 e. The van der Waals surface area contributed by atoms with E-state index in [1.54, 1.807) is 19.2 Å². The molecule has 3 N–H and O–H groups in total. The normalized spacial score (nSPS) is 10.9. The van der Waals surface area contributed by atoms with E-state index in [1.807, 2.05) is 12.1 Å². The average molecular weight is 286 g/mol. The third-order valence-electron chi connectivity index (χ3n) is 2.88. The molecule has 2 aromatic heterocycles. The summed E-state index contributed by atoms with van der Waals surface area (Å²) >= 11 is 1.39. The number of aryl methyl sites for hydroxylation is 1. The number of nitrogen functional groups attached to an aromatic ring is 1. The van der Waals surface area contributed by atoms with Crippen molar-refractivity contribution in [2.24, 2.45) is 0 Å². The number of anilines is 1. The van der Waals surface area contributed by atoms with Crippen LogP contribution in [0.3, 0.4) is 0 Å². The van der Waals surface area contributed by atoms with Gasteiger partial charge >= 0.3 is 0 Å². The molecule has 0 aliphatic rings. The number of pyridine rings is 1. The molecule has 5 nitrogen and oxygen atoms in total. The van der Waals surface area contributed by atoms with Crippen molar-refractivity contribution in [2.45, 2.75) is 17.1 Å². The molecule has 0 saturated carbocycles. The summed E-state index contributed by atoms with van der Waals surface area (Å²) in [5.74, 6) is 0.536. The van der Waals surface area contributed by atoms with Crippen LogP contribution in [0.4, 0.5) is 5.69 Å². The first kappa shape index (κ1) is 12.8. The van der Waals surface area contributed by atoms with E-state index in [0.717, 1.165) is 16.2 Å². The molecular weight excluding hydrogens is 272 g/mol. The number of H-pyrrole nitrogens is 1. The standard InChI is InChI=1S/C14H14N4OS/c1-8-3-5-10-11(7-8)17-14(16-10)20-13-9(15)4-6-12(18-13)19-2/h3-7H,15H2,1-2H3,(H,16,17). The predicted molar refractivity (Wildman–Crippen MR) is 80.2 cm³/mol. The summed E-state index contributed by atoms with van der Waals surface area (Å²) in [6, 6.07) is 9.61. The van der Waals surface area contributed by atoms with Crippen LogP contribution in [-0.4, -0.2) is 22.1 Å². The van der Waals surface area contributed by atoms with E-state index in [9.17, 15) is 0 Å². The lowest BCUT2D eigenvalue weighted by Crippen LogP contribution is -1.95. The fourth-order valence-corrected chi connectivity index (χ4v) is 2.68. The van der Waals surface area contributed by atoms with Gasteiger partial charge in [-0.15, -0.1) is 0 Å². The van der Waals surface area contributed by atoms with E-state index in [2.05, 4.69) is 27.9 Å². The maximum absolute atomic E-state index is 5.93. The molecule has 0 spiro atoms. The van der Waals surface area contributed by atoms with Gasteiger partial charge in [0.2, 0.25) is 5.88 Å². The predicted octanol–water partition coefficient (Wildman–Crippen LogP) is 3.01. The number of rotatable bonds is 3. The number of hydrogen-bond acceptors (Lipinski definition) is 5. The Morgan fingerprint density at radius 1 is 1.20 bits per heavy atom. The second-order valence-corrected chi connectivity index (χ2v) is 5.39. The maximum atomic E-state index is 5.93. The zero-order valence-corrected chi connectivity index (χ0v) is 12.0. The highest BCUT2D eigenvalue weighted by molar-refractivity contribution is 7.99. The summed E-state index contributed by atoms with van der Waals surface area (Å²) < 4.78 is 5.11. The number of nitrogens with one attached hydrogen (secondary N) is 1. The van der Waals surface area contributed by atoms with Gasteiger partial charge in [-0.3, -0.25) is 0 Å². The van der Waals surface area contributed by atoms with Crippen molar-refractivity contribution in [3.63, 3.8) is 0 Å². The van der Waals surface area contributed by atoms with Crippen molar-refractivity contribution >= 4 is 28.5 Å². The van der Waals surface area contributed by atoms with Gasteiger partial charge in [-0.2, -0.15) is 0 Å². The summed E-state index contributed by atoms with van der Waals surface area (Å²) in [4.78, 5) is 12.1. The summed E-state index contributed by atoms with van der Waals surface area (Å²) in [5, 5.41) is 1.44. The molecule has 0 atom stereocenters. The molecule has 0 fully saturated rings. The molecule has 0 radical (unpaired) electrons. The Bertz CT molecular complexity index is 769. The molecule has 20 heavy (non-hydrogen) atoms. The van der Waals surface area contributed by atoms with Gasteiger partial charge in [-0.05, 0) is 42.4 Å². The van der Waals surface area contributed by atoms with Crippen LogP contribution in [0.1, 0.15) is 5.56 Å². The number of aromatic nitrogens is 3. The van der Waals surface area contributed by atoms with E-state index in [-0.39, 0.29) is 0 Å². The molecule has 102 valence electrons. The van der Waals surface area contributed by atoms with E-state index in [1.165, 1.54) is 17.3 Å². The van der Waals surface area contributed by atoms with Crippen LogP contribution in [0, 0.1) is 6.92 Å². The quantitative estimate of drug-likeness (QED) is 0.774.